The minimum atomic E-state index is 0.830. The van der Waals surface area contributed by atoms with Crippen LogP contribution < -0.4 is 5.73 Å². The van der Waals surface area contributed by atoms with Crippen molar-refractivity contribution in [2.45, 2.75) is 32.6 Å². The molecule has 0 unspecified atom stereocenters. The van der Waals surface area contributed by atoms with Gasteiger partial charge in [0.25, 0.3) is 0 Å². The molecule has 0 atom stereocenters. The number of hydrogen-bond acceptors (Lipinski definition) is 3. The first-order valence-electron chi connectivity index (χ1n) is 4.04. The summed E-state index contributed by atoms with van der Waals surface area (Å²) < 4.78 is 4.20. The summed E-state index contributed by atoms with van der Waals surface area (Å²) in [7, 11) is 0. The van der Waals surface area contributed by atoms with E-state index in [2.05, 4.69) is 11.3 Å². The van der Waals surface area contributed by atoms with Crippen LogP contribution in [0.5, 0.6) is 0 Å². The molecule has 0 amide bonds. The van der Waals surface area contributed by atoms with Gasteiger partial charge >= 0.3 is 0 Å². The minimum absolute atomic E-state index is 0.830. The average molecular weight is 170 g/mol. The average Bonchev–Trinajstić information content (AvgIpc) is 2.37. The lowest BCUT2D eigenvalue weighted by Crippen LogP contribution is -1.84. The first-order valence-corrected chi connectivity index (χ1v) is 4.81. The van der Waals surface area contributed by atoms with E-state index >= 15 is 0 Å². The Bertz CT molecular complexity index is 208. The summed E-state index contributed by atoms with van der Waals surface area (Å²) in [6.07, 6.45) is 4.87. The smallest absolute Gasteiger partial charge is 0.107 e. The Hall–Kier alpha value is -0.570. The Morgan fingerprint density at radius 3 is 2.91 bits per heavy atom. The van der Waals surface area contributed by atoms with Crippen molar-refractivity contribution in [3.63, 3.8) is 0 Å². The monoisotopic (exact) mass is 170 g/mol. The van der Waals surface area contributed by atoms with E-state index < -0.39 is 0 Å². The zero-order chi connectivity index (χ0) is 8.10. The van der Waals surface area contributed by atoms with Gasteiger partial charge in [0.05, 0.1) is 5.69 Å². The third-order valence-corrected chi connectivity index (χ3v) is 2.27. The molecule has 0 aliphatic heterocycles. The van der Waals surface area contributed by atoms with Gasteiger partial charge < -0.3 is 5.73 Å². The second-order valence-electron chi connectivity index (χ2n) is 2.68. The molecule has 0 spiro atoms. The van der Waals surface area contributed by atoms with E-state index in [0.717, 1.165) is 17.1 Å². The van der Waals surface area contributed by atoms with Crippen LogP contribution in [-0.4, -0.2) is 4.37 Å². The maximum atomic E-state index is 5.54. The van der Waals surface area contributed by atoms with Crippen molar-refractivity contribution >= 4 is 16.5 Å². The van der Waals surface area contributed by atoms with Crippen LogP contribution in [0.1, 0.15) is 31.9 Å². The molecule has 1 heterocycles. The molecule has 2 N–H and O–H groups in total. The fraction of sp³-hybridized carbons (Fsp3) is 0.625. The summed E-state index contributed by atoms with van der Waals surface area (Å²) in [6.45, 7) is 2.20. The Balaban J connectivity index is 2.27. The second-order valence-corrected chi connectivity index (χ2v) is 3.51. The summed E-state index contributed by atoms with van der Waals surface area (Å²) in [5, 5.41) is 0.830. The van der Waals surface area contributed by atoms with Gasteiger partial charge in [0.1, 0.15) is 5.00 Å². The van der Waals surface area contributed by atoms with E-state index in [1.54, 1.807) is 0 Å². The highest BCUT2D eigenvalue weighted by Gasteiger charge is 1.97. The van der Waals surface area contributed by atoms with E-state index in [0.29, 0.717) is 0 Å². The molecule has 0 fully saturated rings. The van der Waals surface area contributed by atoms with E-state index in [-0.39, 0.29) is 0 Å². The van der Waals surface area contributed by atoms with Crippen LogP contribution in [0.25, 0.3) is 0 Å². The molecular formula is C8H14N2S. The van der Waals surface area contributed by atoms with Crippen molar-refractivity contribution in [1.29, 1.82) is 0 Å². The van der Waals surface area contributed by atoms with Crippen molar-refractivity contribution < 1.29 is 0 Å². The quantitative estimate of drug-likeness (QED) is 0.705. The van der Waals surface area contributed by atoms with Gasteiger partial charge in [-0.05, 0) is 30.4 Å². The molecule has 3 heteroatoms. The number of nitrogens with two attached hydrogens (primary N) is 1. The standard InChI is InChI=1S/C8H14N2S/c1-2-3-4-5-7-6-8(9)11-10-7/h6H,2-5,9H2,1H3. The van der Waals surface area contributed by atoms with E-state index in [1.165, 1.54) is 30.8 Å². The summed E-state index contributed by atoms with van der Waals surface area (Å²) in [6, 6.07) is 1.97. The zero-order valence-electron chi connectivity index (χ0n) is 6.84. The van der Waals surface area contributed by atoms with E-state index in [1.807, 2.05) is 6.07 Å². The molecule has 11 heavy (non-hydrogen) atoms. The van der Waals surface area contributed by atoms with Crippen molar-refractivity contribution in [3.8, 4) is 0 Å². The third-order valence-electron chi connectivity index (χ3n) is 1.61. The molecule has 0 saturated heterocycles. The molecule has 0 aliphatic carbocycles. The number of rotatable bonds is 4. The number of aromatic nitrogens is 1. The van der Waals surface area contributed by atoms with Crippen LogP contribution in [0, 0.1) is 0 Å². The summed E-state index contributed by atoms with van der Waals surface area (Å²) in [5.74, 6) is 0. The first kappa shape index (κ1) is 8.53. The molecule has 2 nitrogen and oxygen atoms in total. The van der Waals surface area contributed by atoms with E-state index in [4.69, 9.17) is 5.73 Å². The lowest BCUT2D eigenvalue weighted by molar-refractivity contribution is 0.711. The van der Waals surface area contributed by atoms with Gasteiger partial charge in [0.15, 0.2) is 0 Å². The molecule has 1 aromatic rings. The molecule has 1 aromatic heterocycles. The molecule has 0 saturated carbocycles. The topological polar surface area (TPSA) is 38.9 Å². The maximum absolute atomic E-state index is 5.54. The number of aryl methyl sites for hydroxylation is 1. The molecular weight excluding hydrogens is 156 g/mol. The SMILES string of the molecule is CCCCCc1cc(N)sn1. The Labute approximate surface area is 71.6 Å². The van der Waals surface area contributed by atoms with Gasteiger partial charge in [-0.2, -0.15) is 4.37 Å². The predicted molar refractivity (Wildman–Crippen MR) is 49.8 cm³/mol. The fourth-order valence-corrected chi connectivity index (χ4v) is 1.56. The molecule has 1 rings (SSSR count). The number of hydrogen-bond donors (Lipinski definition) is 1. The van der Waals surface area contributed by atoms with Crippen LogP contribution in [0.15, 0.2) is 6.07 Å². The molecule has 0 radical (unpaired) electrons. The Morgan fingerprint density at radius 2 is 2.36 bits per heavy atom. The summed E-state index contributed by atoms with van der Waals surface area (Å²) in [4.78, 5) is 0. The van der Waals surface area contributed by atoms with Gasteiger partial charge in [0, 0.05) is 0 Å². The second kappa shape index (κ2) is 4.34. The van der Waals surface area contributed by atoms with Crippen LogP contribution >= 0.6 is 11.5 Å². The van der Waals surface area contributed by atoms with Crippen LogP contribution in [0.4, 0.5) is 5.00 Å². The first-order chi connectivity index (χ1) is 5.33. The lowest BCUT2D eigenvalue weighted by atomic mass is 10.2. The van der Waals surface area contributed by atoms with E-state index in [9.17, 15) is 0 Å². The van der Waals surface area contributed by atoms with Crippen molar-refractivity contribution in [2.75, 3.05) is 5.73 Å². The van der Waals surface area contributed by atoms with Gasteiger partial charge in [0.2, 0.25) is 0 Å². The largest absolute Gasteiger partial charge is 0.389 e. The van der Waals surface area contributed by atoms with Gasteiger partial charge in [-0.15, -0.1) is 0 Å². The number of unbranched alkanes of at least 4 members (excludes halogenated alkanes) is 2. The molecule has 0 aliphatic rings. The van der Waals surface area contributed by atoms with Crippen LogP contribution in [0.3, 0.4) is 0 Å². The predicted octanol–water partition coefficient (Wildman–Crippen LogP) is 2.46. The minimum Gasteiger partial charge on any atom is -0.389 e. The number of anilines is 1. The van der Waals surface area contributed by atoms with Crippen molar-refractivity contribution in [3.05, 3.63) is 11.8 Å². The number of nitrogens with zero attached hydrogens (tertiary/aromatic N) is 1. The van der Waals surface area contributed by atoms with Crippen LogP contribution in [-0.2, 0) is 6.42 Å². The van der Waals surface area contributed by atoms with Crippen molar-refractivity contribution in [1.82, 2.24) is 4.37 Å². The highest BCUT2D eigenvalue weighted by Crippen LogP contribution is 2.13. The number of nitrogen functional groups attached to an aromatic ring is 1. The zero-order valence-corrected chi connectivity index (χ0v) is 7.66. The van der Waals surface area contributed by atoms with Gasteiger partial charge in [-0.1, -0.05) is 19.8 Å². The highest BCUT2D eigenvalue weighted by atomic mass is 32.1. The maximum Gasteiger partial charge on any atom is 0.107 e. The normalized spacial score (nSPS) is 10.3. The van der Waals surface area contributed by atoms with Gasteiger partial charge in [-0.3, -0.25) is 0 Å². The van der Waals surface area contributed by atoms with Crippen LogP contribution in [0.2, 0.25) is 0 Å². The Morgan fingerprint density at radius 1 is 1.55 bits per heavy atom. The van der Waals surface area contributed by atoms with Crippen molar-refractivity contribution in [2.24, 2.45) is 0 Å². The molecule has 0 bridgehead atoms. The highest BCUT2D eigenvalue weighted by molar-refractivity contribution is 7.10. The summed E-state index contributed by atoms with van der Waals surface area (Å²) in [5.41, 5.74) is 6.69. The Kier molecular flexibility index (Phi) is 3.36. The fourth-order valence-electron chi connectivity index (χ4n) is 1.00. The summed E-state index contributed by atoms with van der Waals surface area (Å²) >= 11 is 1.39. The molecule has 62 valence electrons. The third kappa shape index (κ3) is 2.89. The molecule has 0 aromatic carbocycles. The lowest BCUT2D eigenvalue weighted by Gasteiger charge is -1.92. The van der Waals surface area contributed by atoms with Gasteiger partial charge in [-0.25, -0.2) is 0 Å².